The van der Waals surface area contributed by atoms with Crippen LogP contribution in [0.2, 0.25) is 0 Å². The Morgan fingerprint density at radius 3 is 2.43 bits per heavy atom. The maximum absolute atomic E-state index is 12.6. The van der Waals surface area contributed by atoms with Crippen LogP contribution in [-0.2, 0) is 0 Å². The van der Waals surface area contributed by atoms with Crippen LogP contribution >= 0.6 is 11.8 Å². The molecule has 0 aromatic heterocycles. The molecular formula is C18H26N2O2S. The van der Waals surface area contributed by atoms with E-state index in [0.29, 0.717) is 12.5 Å². The SMILES string of the molecule is O=C(Nc1ccc(C2CCC2)cc1)N(CCO)C1CCSCC1. The van der Waals surface area contributed by atoms with Gasteiger partial charge in [-0.05, 0) is 60.8 Å². The second-order valence-corrected chi connectivity index (χ2v) is 7.67. The van der Waals surface area contributed by atoms with Gasteiger partial charge in [-0.15, -0.1) is 0 Å². The van der Waals surface area contributed by atoms with Gasteiger partial charge in [0.1, 0.15) is 0 Å². The van der Waals surface area contributed by atoms with Gasteiger partial charge in [0.25, 0.3) is 0 Å². The van der Waals surface area contributed by atoms with Gasteiger partial charge in [0.15, 0.2) is 0 Å². The Morgan fingerprint density at radius 2 is 1.87 bits per heavy atom. The minimum atomic E-state index is -0.0904. The van der Waals surface area contributed by atoms with E-state index in [0.717, 1.165) is 30.0 Å². The van der Waals surface area contributed by atoms with Crippen LogP contribution in [0.15, 0.2) is 24.3 Å². The third kappa shape index (κ3) is 4.21. The lowest BCUT2D eigenvalue weighted by Gasteiger charge is -2.33. The van der Waals surface area contributed by atoms with Crippen molar-refractivity contribution in [1.29, 1.82) is 0 Å². The molecule has 1 aromatic carbocycles. The summed E-state index contributed by atoms with van der Waals surface area (Å²) in [6.07, 6.45) is 5.93. The average molecular weight is 334 g/mol. The van der Waals surface area contributed by atoms with Crippen molar-refractivity contribution in [2.24, 2.45) is 0 Å². The highest BCUT2D eigenvalue weighted by molar-refractivity contribution is 7.99. The molecule has 1 saturated carbocycles. The van der Waals surface area contributed by atoms with Crippen LogP contribution in [0.1, 0.15) is 43.6 Å². The zero-order valence-electron chi connectivity index (χ0n) is 13.5. The fraction of sp³-hybridized carbons (Fsp3) is 0.611. The molecule has 2 N–H and O–H groups in total. The van der Waals surface area contributed by atoms with Gasteiger partial charge in [-0.1, -0.05) is 18.6 Å². The van der Waals surface area contributed by atoms with Crippen molar-refractivity contribution in [2.75, 3.05) is 30.0 Å². The Hall–Kier alpha value is -1.20. The van der Waals surface area contributed by atoms with Gasteiger partial charge in [-0.25, -0.2) is 4.79 Å². The number of anilines is 1. The molecule has 1 aliphatic heterocycles. The number of aliphatic hydroxyl groups excluding tert-OH is 1. The summed E-state index contributed by atoms with van der Waals surface area (Å²) in [5.41, 5.74) is 2.22. The molecule has 3 rings (SSSR count). The molecule has 1 heterocycles. The highest BCUT2D eigenvalue weighted by Crippen LogP contribution is 2.36. The highest BCUT2D eigenvalue weighted by Gasteiger charge is 2.25. The summed E-state index contributed by atoms with van der Waals surface area (Å²) in [7, 11) is 0. The molecule has 2 aliphatic rings. The van der Waals surface area contributed by atoms with Gasteiger partial charge < -0.3 is 15.3 Å². The number of aliphatic hydroxyl groups is 1. The molecule has 0 bridgehead atoms. The Bertz CT molecular complexity index is 510. The van der Waals surface area contributed by atoms with E-state index >= 15 is 0 Å². The number of carbonyl (C=O) groups excluding carboxylic acids is 1. The number of rotatable bonds is 5. The van der Waals surface area contributed by atoms with Crippen molar-refractivity contribution in [3.8, 4) is 0 Å². The van der Waals surface area contributed by atoms with E-state index in [9.17, 15) is 9.90 Å². The minimum Gasteiger partial charge on any atom is -0.395 e. The van der Waals surface area contributed by atoms with E-state index < -0.39 is 0 Å². The number of urea groups is 1. The maximum Gasteiger partial charge on any atom is 0.322 e. The van der Waals surface area contributed by atoms with Gasteiger partial charge >= 0.3 is 6.03 Å². The molecule has 2 amide bonds. The van der Waals surface area contributed by atoms with E-state index in [1.807, 2.05) is 23.9 Å². The van der Waals surface area contributed by atoms with Crippen molar-refractivity contribution in [3.63, 3.8) is 0 Å². The first-order chi connectivity index (χ1) is 11.3. The third-order valence-corrected chi connectivity index (χ3v) is 6.02. The van der Waals surface area contributed by atoms with Crippen LogP contribution < -0.4 is 5.32 Å². The third-order valence-electron chi connectivity index (χ3n) is 4.97. The first-order valence-corrected chi connectivity index (χ1v) is 9.79. The molecule has 5 heteroatoms. The van der Waals surface area contributed by atoms with E-state index in [1.54, 1.807) is 4.90 Å². The fourth-order valence-electron chi connectivity index (χ4n) is 3.33. The molecule has 0 unspecified atom stereocenters. The maximum atomic E-state index is 12.6. The Balaban J connectivity index is 1.60. The number of nitrogens with one attached hydrogen (secondary N) is 1. The van der Waals surface area contributed by atoms with Crippen molar-refractivity contribution in [1.82, 2.24) is 4.90 Å². The van der Waals surface area contributed by atoms with Crippen molar-refractivity contribution < 1.29 is 9.90 Å². The molecule has 1 aliphatic carbocycles. The molecule has 2 fully saturated rings. The summed E-state index contributed by atoms with van der Waals surface area (Å²) < 4.78 is 0. The topological polar surface area (TPSA) is 52.6 Å². The van der Waals surface area contributed by atoms with Crippen LogP contribution in [0.25, 0.3) is 0 Å². The van der Waals surface area contributed by atoms with Crippen LogP contribution in [0, 0.1) is 0 Å². The number of benzene rings is 1. The standard InChI is InChI=1S/C18H26N2O2S/c21-11-10-20(17-8-12-23-13-9-17)18(22)19-16-6-4-15(5-7-16)14-2-1-3-14/h4-7,14,17,21H,1-3,8-13H2,(H,19,22). The average Bonchev–Trinajstić information content (AvgIpc) is 2.53. The number of amides is 2. The Labute approximate surface area is 142 Å². The zero-order chi connectivity index (χ0) is 16.1. The molecule has 1 saturated heterocycles. The molecule has 4 nitrogen and oxygen atoms in total. The summed E-state index contributed by atoms with van der Waals surface area (Å²) in [5.74, 6) is 2.90. The normalized spacial score (nSPS) is 19.2. The largest absolute Gasteiger partial charge is 0.395 e. The Morgan fingerprint density at radius 1 is 1.17 bits per heavy atom. The van der Waals surface area contributed by atoms with E-state index in [1.165, 1.54) is 24.8 Å². The number of nitrogens with zero attached hydrogens (tertiary/aromatic N) is 1. The predicted molar refractivity (Wildman–Crippen MR) is 96.2 cm³/mol. The van der Waals surface area contributed by atoms with Crippen LogP contribution in [-0.4, -0.2) is 46.7 Å². The van der Waals surface area contributed by atoms with Gasteiger partial charge in [0.05, 0.1) is 6.61 Å². The first kappa shape index (κ1) is 16.7. The summed E-state index contributed by atoms with van der Waals surface area (Å²) in [5, 5.41) is 12.3. The summed E-state index contributed by atoms with van der Waals surface area (Å²) in [6.45, 7) is 0.416. The highest BCUT2D eigenvalue weighted by atomic mass is 32.2. The summed E-state index contributed by atoms with van der Waals surface area (Å²) in [6, 6.07) is 8.42. The Kier molecular flexibility index (Phi) is 5.84. The smallest absolute Gasteiger partial charge is 0.322 e. The van der Waals surface area contributed by atoms with E-state index in [4.69, 9.17) is 0 Å². The number of hydrogen-bond acceptors (Lipinski definition) is 3. The van der Waals surface area contributed by atoms with Crippen LogP contribution in [0.3, 0.4) is 0 Å². The molecule has 23 heavy (non-hydrogen) atoms. The molecule has 0 atom stereocenters. The lowest BCUT2D eigenvalue weighted by molar-refractivity contribution is 0.158. The zero-order valence-corrected chi connectivity index (χ0v) is 14.4. The van der Waals surface area contributed by atoms with Crippen LogP contribution in [0.4, 0.5) is 10.5 Å². The lowest BCUT2D eigenvalue weighted by atomic mass is 9.80. The summed E-state index contributed by atoms with van der Waals surface area (Å²) >= 11 is 1.94. The number of thioether (sulfide) groups is 1. The van der Waals surface area contributed by atoms with Crippen molar-refractivity contribution in [2.45, 2.75) is 44.1 Å². The van der Waals surface area contributed by atoms with Crippen molar-refractivity contribution >= 4 is 23.5 Å². The van der Waals surface area contributed by atoms with E-state index in [2.05, 4.69) is 17.4 Å². The second-order valence-electron chi connectivity index (χ2n) is 6.44. The van der Waals surface area contributed by atoms with Gasteiger partial charge in [-0.3, -0.25) is 0 Å². The van der Waals surface area contributed by atoms with Crippen LogP contribution in [0.5, 0.6) is 0 Å². The fourth-order valence-corrected chi connectivity index (χ4v) is 4.41. The lowest BCUT2D eigenvalue weighted by Crippen LogP contribution is -2.46. The molecule has 126 valence electrons. The monoisotopic (exact) mass is 334 g/mol. The molecular weight excluding hydrogens is 308 g/mol. The molecule has 0 radical (unpaired) electrons. The van der Waals surface area contributed by atoms with Gasteiger partial charge in [-0.2, -0.15) is 11.8 Å². The first-order valence-electron chi connectivity index (χ1n) is 8.64. The summed E-state index contributed by atoms with van der Waals surface area (Å²) in [4.78, 5) is 14.4. The molecule has 0 spiro atoms. The minimum absolute atomic E-state index is 0.0116. The number of carbonyl (C=O) groups is 1. The van der Waals surface area contributed by atoms with Gasteiger partial charge in [0.2, 0.25) is 0 Å². The second kappa shape index (κ2) is 8.06. The van der Waals surface area contributed by atoms with Crippen molar-refractivity contribution in [3.05, 3.63) is 29.8 Å². The quantitative estimate of drug-likeness (QED) is 0.864. The molecule has 1 aromatic rings. The predicted octanol–water partition coefficient (Wildman–Crippen LogP) is 3.68. The van der Waals surface area contributed by atoms with E-state index in [-0.39, 0.29) is 18.7 Å². The number of hydrogen-bond donors (Lipinski definition) is 2. The van der Waals surface area contributed by atoms with Gasteiger partial charge in [0, 0.05) is 18.3 Å².